The van der Waals surface area contributed by atoms with Gasteiger partial charge in [0.1, 0.15) is 6.61 Å². The first-order chi connectivity index (χ1) is 9.79. The van der Waals surface area contributed by atoms with Crippen LogP contribution in [0.1, 0.15) is 5.82 Å². The number of carbonyl (C=O) groups excluding carboxylic acids is 1. The van der Waals surface area contributed by atoms with Crippen LogP contribution in [0, 0.1) is 0 Å². The van der Waals surface area contributed by atoms with E-state index in [1.807, 2.05) is 30.3 Å². The van der Waals surface area contributed by atoms with Gasteiger partial charge in [0.15, 0.2) is 11.6 Å². The molecule has 1 aliphatic heterocycles. The second kappa shape index (κ2) is 5.42. The normalized spacial score (nSPS) is 14.2. The highest BCUT2D eigenvalue weighted by Crippen LogP contribution is 2.21. The Morgan fingerprint density at radius 3 is 2.80 bits per heavy atom. The van der Waals surface area contributed by atoms with Crippen molar-refractivity contribution in [3.8, 4) is 11.4 Å². The maximum Gasteiger partial charge on any atom is 0.249 e. The summed E-state index contributed by atoms with van der Waals surface area (Å²) < 4.78 is 6.96. The molecule has 104 valence electrons. The third-order valence-electron chi connectivity index (χ3n) is 3.41. The highest BCUT2D eigenvalue weighted by Gasteiger charge is 2.24. The fourth-order valence-corrected chi connectivity index (χ4v) is 2.39. The van der Waals surface area contributed by atoms with Crippen LogP contribution in [0.15, 0.2) is 30.3 Å². The van der Waals surface area contributed by atoms with E-state index in [1.165, 1.54) is 7.11 Å². The van der Waals surface area contributed by atoms with Crippen LogP contribution < -0.4 is 0 Å². The zero-order valence-corrected chi connectivity index (χ0v) is 11.3. The molecule has 1 aliphatic rings. The minimum absolute atomic E-state index is 0.0111. The molecular weight excluding hydrogens is 256 g/mol. The molecule has 1 amide bonds. The molecule has 0 saturated heterocycles. The number of ether oxygens (including phenoxy) is 1. The standard InChI is InChI=1S/C14H16N4O2/c1-20-10-13(19)17-7-8-18-12(9-17)15-16-14(18)11-5-3-2-4-6-11/h2-6H,7-10H2,1H3. The Morgan fingerprint density at radius 2 is 2.05 bits per heavy atom. The van der Waals surface area contributed by atoms with Crippen molar-refractivity contribution >= 4 is 5.91 Å². The van der Waals surface area contributed by atoms with Gasteiger partial charge >= 0.3 is 0 Å². The fourth-order valence-electron chi connectivity index (χ4n) is 2.39. The van der Waals surface area contributed by atoms with Crippen LogP contribution in [-0.4, -0.2) is 45.8 Å². The predicted octanol–water partition coefficient (Wildman–Crippen LogP) is 0.934. The van der Waals surface area contributed by atoms with E-state index in [4.69, 9.17) is 4.74 Å². The number of aromatic nitrogens is 3. The van der Waals surface area contributed by atoms with Gasteiger partial charge in [-0.05, 0) is 0 Å². The van der Waals surface area contributed by atoms with E-state index in [2.05, 4.69) is 14.8 Å². The lowest BCUT2D eigenvalue weighted by atomic mass is 10.2. The first-order valence-corrected chi connectivity index (χ1v) is 6.54. The maximum atomic E-state index is 11.8. The number of hydrogen-bond donors (Lipinski definition) is 0. The number of benzene rings is 1. The molecule has 0 spiro atoms. The number of carbonyl (C=O) groups is 1. The van der Waals surface area contributed by atoms with E-state index in [0.717, 1.165) is 17.2 Å². The summed E-state index contributed by atoms with van der Waals surface area (Å²) in [6, 6.07) is 9.96. The Bertz CT molecular complexity index is 609. The summed E-state index contributed by atoms with van der Waals surface area (Å²) in [5.74, 6) is 1.67. The first kappa shape index (κ1) is 12.8. The van der Waals surface area contributed by atoms with Crippen LogP contribution in [0.2, 0.25) is 0 Å². The van der Waals surface area contributed by atoms with Crippen molar-refractivity contribution in [3.05, 3.63) is 36.2 Å². The minimum Gasteiger partial charge on any atom is -0.375 e. The third kappa shape index (κ3) is 2.30. The molecule has 2 heterocycles. The van der Waals surface area contributed by atoms with Crippen molar-refractivity contribution < 1.29 is 9.53 Å². The highest BCUT2D eigenvalue weighted by molar-refractivity contribution is 5.77. The van der Waals surface area contributed by atoms with Gasteiger partial charge in [0.25, 0.3) is 0 Å². The maximum absolute atomic E-state index is 11.8. The molecule has 0 bridgehead atoms. The van der Waals surface area contributed by atoms with Gasteiger partial charge in [0, 0.05) is 25.8 Å². The molecule has 0 radical (unpaired) electrons. The van der Waals surface area contributed by atoms with E-state index in [0.29, 0.717) is 19.6 Å². The summed E-state index contributed by atoms with van der Waals surface area (Å²) in [7, 11) is 1.53. The van der Waals surface area contributed by atoms with Gasteiger partial charge in [-0.1, -0.05) is 30.3 Å². The lowest BCUT2D eigenvalue weighted by Gasteiger charge is -2.27. The number of amides is 1. The average Bonchev–Trinajstić information content (AvgIpc) is 2.91. The number of methoxy groups -OCH3 is 1. The second-order valence-corrected chi connectivity index (χ2v) is 4.71. The van der Waals surface area contributed by atoms with Crippen LogP contribution in [0.25, 0.3) is 11.4 Å². The summed E-state index contributed by atoms with van der Waals surface area (Å²) in [6.45, 7) is 1.97. The smallest absolute Gasteiger partial charge is 0.249 e. The van der Waals surface area contributed by atoms with Crippen LogP contribution in [0.3, 0.4) is 0 Å². The number of hydrogen-bond acceptors (Lipinski definition) is 4. The summed E-state index contributed by atoms with van der Waals surface area (Å²) in [4.78, 5) is 13.6. The monoisotopic (exact) mass is 272 g/mol. The number of fused-ring (bicyclic) bond motifs is 1. The molecule has 6 nitrogen and oxygen atoms in total. The van der Waals surface area contributed by atoms with Crippen molar-refractivity contribution in [2.24, 2.45) is 0 Å². The Labute approximate surface area is 117 Å². The van der Waals surface area contributed by atoms with Crippen LogP contribution >= 0.6 is 0 Å². The lowest BCUT2D eigenvalue weighted by Crippen LogP contribution is -2.40. The van der Waals surface area contributed by atoms with Gasteiger partial charge in [0.05, 0.1) is 6.54 Å². The molecule has 2 aromatic rings. The van der Waals surface area contributed by atoms with Crippen LogP contribution in [0.4, 0.5) is 0 Å². The molecule has 0 aliphatic carbocycles. The predicted molar refractivity (Wildman–Crippen MR) is 72.8 cm³/mol. The summed E-state index contributed by atoms with van der Waals surface area (Å²) in [5, 5.41) is 8.46. The number of nitrogens with zero attached hydrogens (tertiary/aromatic N) is 4. The van der Waals surface area contributed by atoms with Crippen molar-refractivity contribution in [2.75, 3.05) is 20.3 Å². The molecule has 6 heteroatoms. The van der Waals surface area contributed by atoms with Gasteiger partial charge < -0.3 is 14.2 Å². The summed E-state index contributed by atoms with van der Waals surface area (Å²) in [5.41, 5.74) is 1.04. The molecule has 0 saturated carbocycles. The fraction of sp³-hybridized carbons (Fsp3) is 0.357. The molecular formula is C14H16N4O2. The first-order valence-electron chi connectivity index (χ1n) is 6.54. The Kier molecular flexibility index (Phi) is 3.47. The largest absolute Gasteiger partial charge is 0.375 e. The van der Waals surface area contributed by atoms with Gasteiger partial charge in [-0.15, -0.1) is 10.2 Å². The average molecular weight is 272 g/mol. The summed E-state index contributed by atoms with van der Waals surface area (Å²) in [6.07, 6.45) is 0. The van der Waals surface area contributed by atoms with Crippen molar-refractivity contribution in [1.82, 2.24) is 19.7 Å². The topological polar surface area (TPSA) is 60.2 Å². The SMILES string of the molecule is COCC(=O)N1CCn2c(nnc2-c2ccccc2)C1. The lowest BCUT2D eigenvalue weighted by molar-refractivity contribution is -0.136. The third-order valence-corrected chi connectivity index (χ3v) is 3.41. The molecule has 0 unspecified atom stereocenters. The van der Waals surface area contributed by atoms with Gasteiger partial charge in [-0.2, -0.15) is 0 Å². The number of rotatable bonds is 3. The van der Waals surface area contributed by atoms with E-state index in [1.54, 1.807) is 4.90 Å². The Hall–Kier alpha value is -2.21. The van der Waals surface area contributed by atoms with Crippen molar-refractivity contribution in [3.63, 3.8) is 0 Å². The molecule has 0 atom stereocenters. The van der Waals surface area contributed by atoms with Crippen LogP contribution in [-0.2, 0) is 22.6 Å². The molecule has 1 aromatic heterocycles. The van der Waals surface area contributed by atoms with Gasteiger partial charge in [-0.3, -0.25) is 4.79 Å². The summed E-state index contributed by atoms with van der Waals surface area (Å²) >= 11 is 0. The Balaban J connectivity index is 1.84. The van der Waals surface area contributed by atoms with E-state index >= 15 is 0 Å². The quantitative estimate of drug-likeness (QED) is 0.834. The highest BCUT2D eigenvalue weighted by atomic mass is 16.5. The Morgan fingerprint density at radius 1 is 1.25 bits per heavy atom. The molecule has 3 rings (SSSR count). The molecule has 0 N–H and O–H groups in total. The van der Waals surface area contributed by atoms with Crippen molar-refractivity contribution in [1.29, 1.82) is 0 Å². The van der Waals surface area contributed by atoms with E-state index < -0.39 is 0 Å². The zero-order chi connectivity index (χ0) is 13.9. The molecule has 1 aromatic carbocycles. The van der Waals surface area contributed by atoms with E-state index in [-0.39, 0.29) is 12.5 Å². The minimum atomic E-state index is -0.0111. The van der Waals surface area contributed by atoms with Gasteiger partial charge in [0.2, 0.25) is 5.91 Å². The van der Waals surface area contributed by atoms with E-state index in [9.17, 15) is 4.79 Å². The zero-order valence-electron chi connectivity index (χ0n) is 11.3. The molecule has 20 heavy (non-hydrogen) atoms. The molecule has 0 fully saturated rings. The van der Waals surface area contributed by atoms with Crippen molar-refractivity contribution in [2.45, 2.75) is 13.1 Å². The van der Waals surface area contributed by atoms with Gasteiger partial charge in [-0.25, -0.2) is 0 Å². The van der Waals surface area contributed by atoms with Crippen LogP contribution in [0.5, 0.6) is 0 Å². The second-order valence-electron chi connectivity index (χ2n) is 4.71.